The molecule has 0 atom stereocenters. The fourth-order valence-electron chi connectivity index (χ4n) is 1.60. The lowest BCUT2D eigenvalue weighted by Crippen LogP contribution is -2.38. The Morgan fingerprint density at radius 3 is 2.78 bits per heavy atom. The summed E-state index contributed by atoms with van der Waals surface area (Å²) in [6, 6.07) is 5.39. The largest absolute Gasteiger partial charge is 0.350 e. The number of amides is 1. The highest BCUT2D eigenvalue weighted by Crippen LogP contribution is 1.98. The van der Waals surface area contributed by atoms with Crippen molar-refractivity contribution in [3.8, 4) is 0 Å². The summed E-state index contributed by atoms with van der Waals surface area (Å²) in [5.74, 6) is -0.129. The normalized spacial score (nSPS) is 11.1. The van der Waals surface area contributed by atoms with Gasteiger partial charge in [0.1, 0.15) is 6.54 Å². The highest BCUT2D eigenvalue weighted by atomic mass is 16.2. The summed E-state index contributed by atoms with van der Waals surface area (Å²) in [6.45, 7) is 3.81. The lowest BCUT2D eigenvalue weighted by molar-refractivity contribution is -0.132. The van der Waals surface area contributed by atoms with E-state index in [1.54, 1.807) is 36.3 Å². The Hall–Kier alpha value is -2.11. The number of aromatic nitrogens is 3. The SMILES string of the molecule is CC(C)N(C)C(=O)Cn1nc2ccccn2c1=O. The third-order valence-electron chi connectivity index (χ3n) is 2.94. The first-order valence-electron chi connectivity index (χ1n) is 5.80. The number of hydrogen-bond acceptors (Lipinski definition) is 3. The zero-order valence-electron chi connectivity index (χ0n) is 10.7. The van der Waals surface area contributed by atoms with Crippen LogP contribution in [0.2, 0.25) is 0 Å². The van der Waals surface area contributed by atoms with E-state index in [-0.39, 0.29) is 24.2 Å². The molecule has 0 aliphatic heterocycles. The van der Waals surface area contributed by atoms with Crippen molar-refractivity contribution >= 4 is 11.6 Å². The Morgan fingerprint density at radius 2 is 2.17 bits per heavy atom. The maximum Gasteiger partial charge on any atom is 0.350 e. The summed E-state index contributed by atoms with van der Waals surface area (Å²) < 4.78 is 2.61. The average Bonchev–Trinajstić information content (AvgIpc) is 2.66. The minimum atomic E-state index is -0.295. The van der Waals surface area contributed by atoms with E-state index in [0.29, 0.717) is 5.65 Å². The van der Waals surface area contributed by atoms with Crippen LogP contribution in [0.15, 0.2) is 29.2 Å². The Bertz CT molecular complexity index is 626. The molecule has 1 amide bonds. The minimum absolute atomic E-state index is 0.0325. The second kappa shape index (κ2) is 4.64. The predicted octanol–water partition coefficient (Wildman–Crippen LogP) is 0.363. The van der Waals surface area contributed by atoms with E-state index in [9.17, 15) is 9.59 Å². The monoisotopic (exact) mass is 248 g/mol. The maximum atomic E-state index is 11.9. The van der Waals surface area contributed by atoms with Crippen molar-refractivity contribution < 1.29 is 4.79 Å². The van der Waals surface area contributed by atoms with Gasteiger partial charge in [0.25, 0.3) is 0 Å². The molecule has 0 aromatic carbocycles. The number of nitrogens with zero attached hydrogens (tertiary/aromatic N) is 4. The first-order valence-corrected chi connectivity index (χ1v) is 5.80. The van der Waals surface area contributed by atoms with Crippen LogP contribution < -0.4 is 5.69 Å². The van der Waals surface area contributed by atoms with Gasteiger partial charge in [-0.25, -0.2) is 9.48 Å². The number of carbonyl (C=O) groups is 1. The van der Waals surface area contributed by atoms with Gasteiger partial charge in [0.05, 0.1) is 0 Å². The van der Waals surface area contributed by atoms with Crippen LogP contribution in [-0.2, 0) is 11.3 Å². The van der Waals surface area contributed by atoms with Gasteiger partial charge >= 0.3 is 5.69 Å². The van der Waals surface area contributed by atoms with Crippen molar-refractivity contribution in [1.29, 1.82) is 0 Å². The highest BCUT2D eigenvalue weighted by Gasteiger charge is 2.15. The zero-order chi connectivity index (χ0) is 13.3. The van der Waals surface area contributed by atoms with Crippen molar-refractivity contribution in [3.63, 3.8) is 0 Å². The molecule has 0 N–H and O–H groups in total. The molecule has 2 heterocycles. The lowest BCUT2D eigenvalue weighted by atomic mass is 10.3. The molecule has 2 aromatic heterocycles. The van der Waals surface area contributed by atoms with Crippen LogP contribution in [0.5, 0.6) is 0 Å². The van der Waals surface area contributed by atoms with Crippen molar-refractivity contribution in [2.45, 2.75) is 26.4 Å². The van der Waals surface area contributed by atoms with Crippen molar-refractivity contribution in [2.75, 3.05) is 7.05 Å². The zero-order valence-corrected chi connectivity index (χ0v) is 10.7. The van der Waals surface area contributed by atoms with Crippen LogP contribution in [0, 0.1) is 0 Å². The van der Waals surface area contributed by atoms with Crippen molar-refractivity contribution in [1.82, 2.24) is 19.1 Å². The summed E-state index contributed by atoms with van der Waals surface area (Å²) in [4.78, 5) is 25.4. The number of likely N-dealkylation sites (N-methyl/N-ethyl adjacent to an activating group) is 1. The molecule has 0 aliphatic rings. The summed E-state index contributed by atoms with van der Waals surface area (Å²) in [6.07, 6.45) is 1.64. The molecule has 0 saturated heterocycles. The maximum absolute atomic E-state index is 11.9. The van der Waals surface area contributed by atoms with Gasteiger partial charge in [-0.1, -0.05) is 6.07 Å². The highest BCUT2D eigenvalue weighted by molar-refractivity contribution is 5.75. The number of hydrogen-bond donors (Lipinski definition) is 0. The molecule has 18 heavy (non-hydrogen) atoms. The third-order valence-corrected chi connectivity index (χ3v) is 2.94. The fraction of sp³-hybridized carbons (Fsp3) is 0.417. The molecule has 0 saturated carbocycles. The van der Waals surface area contributed by atoms with Crippen LogP contribution >= 0.6 is 0 Å². The van der Waals surface area contributed by atoms with Crippen LogP contribution in [0.25, 0.3) is 5.65 Å². The third kappa shape index (κ3) is 2.13. The Labute approximate surface area is 104 Å². The minimum Gasteiger partial charge on any atom is -0.342 e. The van der Waals surface area contributed by atoms with Gasteiger partial charge < -0.3 is 4.90 Å². The predicted molar refractivity (Wildman–Crippen MR) is 67.4 cm³/mol. The Balaban J connectivity index is 2.30. The second-order valence-corrected chi connectivity index (χ2v) is 4.47. The number of pyridine rings is 1. The van der Waals surface area contributed by atoms with Gasteiger partial charge in [0, 0.05) is 19.3 Å². The van der Waals surface area contributed by atoms with Gasteiger partial charge in [0.2, 0.25) is 5.91 Å². The van der Waals surface area contributed by atoms with E-state index in [4.69, 9.17) is 0 Å². The molecule has 2 aromatic rings. The molecule has 6 heteroatoms. The summed E-state index contributed by atoms with van der Waals surface area (Å²) >= 11 is 0. The average molecular weight is 248 g/mol. The van der Waals surface area contributed by atoms with E-state index in [2.05, 4.69) is 5.10 Å². The van der Waals surface area contributed by atoms with E-state index < -0.39 is 0 Å². The number of fused-ring (bicyclic) bond motifs is 1. The van der Waals surface area contributed by atoms with Gasteiger partial charge in [-0.2, -0.15) is 0 Å². The van der Waals surface area contributed by atoms with E-state index in [0.717, 1.165) is 0 Å². The summed E-state index contributed by atoms with van der Waals surface area (Å²) in [7, 11) is 1.72. The molecule has 0 unspecified atom stereocenters. The van der Waals surface area contributed by atoms with Gasteiger partial charge in [-0.3, -0.25) is 9.20 Å². The fourth-order valence-corrected chi connectivity index (χ4v) is 1.60. The second-order valence-electron chi connectivity index (χ2n) is 4.47. The Morgan fingerprint density at radius 1 is 1.44 bits per heavy atom. The molecule has 0 radical (unpaired) electrons. The molecular formula is C12H16N4O2. The Kier molecular flexibility index (Phi) is 3.18. The van der Waals surface area contributed by atoms with E-state index in [1.807, 2.05) is 13.8 Å². The van der Waals surface area contributed by atoms with Crippen molar-refractivity contribution in [2.24, 2.45) is 0 Å². The van der Waals surface area contributed by atoms with Crippen molar-refractivity contribution in [3.05, 3.63) is 34.9 Å². The first-order chi connectivity index (χ1) is 8.50. The van der Waals surface area contributed by atoms with Crippen LogP contribution in [0.4, 0.5) is 0 Å². The van der Waals surface area contributed by atoms with Gasteiger partial charge in [-0.15, -0.1) is 5.10 Å². The van der Waals surface area contributed by atoms with Gasteiger partial charge in [-0.05, 0) is 26.0 Å². The van der Waals surface area contributed by atoms with Crippen LogP contribution in [0.3, 0.4) is 0 Å². The lowest BCUT2D eigenvalue weighted by Gasteiger charge is -2.20. The molecule has 0 fully saturated rings. The molecule has 2 rings (SSSR count). The standard InChI is InChI=1S/C12H16N4O2/c1-9(2)14(3)11(17)8-16-12(18)15-7-5-4-6-10(15)13-16/h4-7,9H,8H2,1-3H3. The molecule has 0 spiro atoms. The number of rotatable bonds is 3. The molecule has 0 aliphatic carbocycles. The van der Waals surface area contributed by atoms with Crippen LogP contribution in [0.1, 0.15) is 13.8 Å². The topological polar surface area (TPSA) is 59.6 Å². The van der Waals surface area contributed by atoms with E-state index in [1.165, 1.54) is 9.08 Å². The smallest absolute Gasteiger partial charge is 0.342 e. The first kappa shape index (κ1) is 12.3. The molecule has 0 bridgehead atoms. The number of carbonyl (C=O) groups excluding carboxylic acids is 1. The summed E-state index contributed by atoms with van der Waals surface area (Å²) in [5.41, 5.74) is 0.249. The molecule has 6 nitrogen and oxygen atoms in total. The quantitative estimate of drug-likeness (QED) is 0.788. The summed E-state index contributed by atoms with van der Waals surface area (Å²) in [5, 5.41) is 4.11. The van der Waals surface area contributed by atoms with Crippen LogP contribution in [-0.4, -0.2) is 38.1 Å². The van der Waals surface area contributed by atoms with E-state index >= 15 is 0 Å². The van der Waals surface area contributed by atoms with Gasteiger partial charge in [0.15, 0.2) is 5.65 Å². The molecule has 96 valence electrons. The molecular weight excluding hydrogens is 232 g/mol.